The van der Waals surface area contributed by atoms with E-state index in [9.17, 15) is 0 Å². The Balaban J connectivity index is 2.09. The van der Waals surface area contributed by atoms with Gasteiger partial charge in [-0.3, -0.25) is 0 Å². The van der Waals surface area contributed by atoms with Crippen LogP contribution in [0.4, 0.5) is 11.9 Å². The fraction of sp³-hybridized carbons (Fsp3) is 0.750. The number of ether oxygens (including phenoxy) is 1. The van der Waals surface area contributed by atoms with Crippen LogP contribution in [0.25, 0.3) is 0 Å². The molecule has 0 bridgehead atoms. The van der Waals surface area contributed by atoms with Gasteiger partial charge < -0.3 is 15.8 Å². The average molecular weight is 251 g/mol. The summed E-state index contributed by atoms with van der Waals surface area (Å²) in [6, 6.07) is 0.290. The molecule has 1 aliphatic carbocycles. The minimum absolute atomic E-state index is 0.0180. The van der Waals surface area contributed by atoms with Crippen LogP contribution < -0.4 is 15.8 Å². The lowest BCUT2D eigenvalue weighted by molar-refractivity contribution is 0.292. The molecule has 100 valence electrons. The Labute approximate surface area is 107 Å². The van der Waals surface area contributed by atoms with Gasteiger partial charge >= 0.3 is 6.01 Å². The summed E-state index contributed by atoms with van der Waals surface area (Å²) in [7, 11) is 0. The minimum Gasteiger partial charge on any atom is -0.463 e. The van der Waals surface area contributed by atoms with E-state index in [1.54, 1.807) is 0 Å². The minimum atomic E-state index is -0.0180. The summed E-state index contributed by atoms with van der Waals surface area (Å²) in [6.45, 7) is 6.91. The predicted molar refractivity (Wildman–Crippen MR) is 70.5 cm³/mol. The van der Waals surface area contributed by atoms with Crippen molar-refractivity contribution in [3.05, 3.63) is 0 Å². The van der Waals surface area contributed by atoms with Crippen LogP contribution in [0.3, 0.4) is 0 Å². The number of anilines is 2. The summed E-state index contributed by atoms with van der Waals surface area (Å²) < 4.78 is 5.39. The molecule has 3 N–H and O–H groups in total. The van der Waals surface area contributed by atoms with E-state index in [1.807, 2.05) is 6.92 Å². The molecule has 6 heteroatoms. The first-order chi connectivity index (χ1) is 8.51. The zero-order valence-electron chi connectivity index (χ0n) is 11.2. The lowest BCUT2D eigenvalue weighted by atomic mass is 9.99. The van der Waals surface area contributed by atoms with Crippen molar-refractivity contribution in [3.8, 4) is 6.01 Å². The standard InChI is InChI=1S/C12H21N5O/c1-4-7-18-11-15-9(13)14-10(16-11)17-12(2,3)8-5-6-8/h8H,4-7H2,1-3H3,(H3,13,14,15,16,17). The summed E-state index contributed by atoms with van der Waals surface area (Å²) >= 11 is 0. The third-order valence-corrected chi connectivity index (χ3v) is 3.10. The fourth-order valence-corrected chi connectivity index (χ4v) is 1.88. The van der Waals surface area contributed by atoms with E-state index in [-0.39, 0.29) is 11.5 Å². The molecule has 1 aromatic heterocycles. The van der Waals surface area contributed by atoms with Crippen molar-refractivity contribution in [2.75, 3.05) is 17.7 Å². The van der Waals surface area contributed by atoms with Crippen molar-refractivity contribution < 1.29 is 4.74 Å². The second kappa shape index (κ2) is 4.96. The van der Waals surface area contributed by atoms with E-state index in [2.05, 4.69) is 34.1 Å². The molecule has 18 heavy (non-hydrogen) atoms. The largest absolute Gasteiger partial charge is 0.463 e. The number of aromatic nitrogens is 3. The maximum atomic E-state index is 5.66. The fourth-order valence-electron chi connectivity index (χ4n) is 1.88. The summed E-state index contributed by atoms with van der Waals surface area (Å²) in [5.41, 5.74) is 5.64. The molecule has 0 saturated heterocycles. The van der Waals surface area contributed by atoms with Crippen LogP contribution in [0.5, 0.6) is 6.01 Å². The van der Waals surface area contributed by atoms with E-state index < -0.39 is 0 Å². The lowest BCUT2D eigenvalue weighted by Crippen LogP contribution is -2.34. The molecule has 1 aliphatic rings. The Morgan fingerprint density at radius 3 is 2.67 bits per heavy atom. The number of nitrogens with two attached hydrogens (primary N) is 1. The molecular weight excluding hydrogens is 230 g/mol. The van der Waals surface area contributed by atoms with Gasteiger partial charge in [0.25, 0.3) is 0 Å². The lowest BCUT2D eigenvalue weighted by Gasteiger charge is -2.26. The van der Waals surface area contributed by atoms with E-state index in [1.165, 1.54) is 12.8 Å². The average Bonchev–Trinajstić information content (AvgIpc) is 3.08. The van der Waals surface area contributed by atoms with Crippen LogP contribution in [0.1, 0.15) is 40.0 Å². The summed E-state index contributed by atoms with van der Waals surface area (Å²) in [5.74, 6) is 1.35. The van der Waals surface area contributed by atoms with Crippen molar-refractivity contribution >= 4 is 11.9 Å². The van der Waals surface area contributed by atoms with E-state index in [0.717, 1.165) is 6.42 Å². The monoisotopic (exact) mass is 251 g/mol. The second-order valence-electron chi connectivity index (χ2n) is 5.27. The van der Waals surface area contributed by atoms with Crippen LogP contribution in [-0.2, 0) is 0 Å². The van der Waals surface area contributed by atoms with Crippen molar-refractivity contribution in [1.82, 2.24) is 15.0 Å². The number of nitrogens with zero attached hydrogens (tertiary/aromatic N) is 3. The highest BCUT2D eigenvalue weighted by Gasteiger charge is 2.38. The van der Waals surface area contributed by atoms with E-state index in [0.29, 0.717) is 24.5 Å². The molecule has 0 aliphatic heterocycles. The molecule has 0 atom stereocenters. The van der Waals surface area contributed by atoms with Crippen LogP contribution in [-0.4, -0.2) is 27.1 Å². The predicted octanol–water partition coefficient (Wildman–Crippen LogP) is 1.84. The smallest absolute Gasteiger partial charge is 0.323 e. The highest BCUT2D eigenvalue weighted by atomic mass is 16.5. The van der Waals surface area contributed by atoms with Gasteiger partial charge in [0.1, 0.15) is 0 Å². The zero-order valence-corrected chi connectivity index (χ0v) is 11.2. The van der Waals surface area contributed by atoms with Gasteiger partial charge in [-0.05, 0) is 39.0 Å². The second-order valence-corrected chi connectivity index (χ2v) is 5.27. The van der Waals surface area contributed by atoms with E-state index in [4.69, 9.17) is 10.5 Å². The molecule has 1 heterocycles. The number of nitrogens with one attached hydrogen (secondary N) is 1. The maximum absolute atomic E-state index is 5.66. The van der Waals surface area contributed by atoms with Crippen molar-refractivity contribution in [2.24, 2.45) is 5.92 Å². The molecular formula is C12H21N5O. The normalized spacial score (nSPS) is 15.5. The van der Waals surface area contributed by atoms with Gasteiger partial charge in [-0.1, -0.05) is 6.92 Å². The number of rotatable bonds is 6. The molecule has 1 fully saturated rings. The SMILES string of the molecule is CCCOc1nc(N)nc(NC(C)(C)C2CC2)n1. The molecule has 0 aromatic carbocycles. The Bertz CT molecular complexity index is 417. The van der Waals surface area contributed by atoms with Gasteiger partial charge in [0.15, 0.2) is 0 Å². The highest BCUT2D eigenvalue weighted by Crippen LogP contribution is 2.40. The van der Waals surface area contributed by atoms with Crippen LogP contribution >= 0.6 is 0 Å². The summed E-state index contributed by atoms with van der Waals surface area (Å²) in [6.07, 6.45) is 3.40. The van der Waals surface area contributed by atoms with Gasteiger partial charge in [0, 0.05) is 5.54 Å². The first-order valence-corrected chi connectivity index (χ1v) is 6.44. The molecule has 1 saturated carbocycles. The number of hydrogen-bond donors (Lipinski definition) is 2. The quantitative estimate of drug-likeness (QED) is 0.802. The number of nitrogen functional groups attached to an aromatic ring is 1. The molecule has 0 radical (unpaired) electrons. The molecule has 0 amide bonds. The zero-order chi connectivity index (χ0) is 13.2. The summed E-state index contributed by atoms with van der Waals surface area (Å²) in [4.78, 5) is 12.3. The highest BCUT2D eigenvalue weighted by molar-refractivity contribution is 5.35. The third-order valence-electron chi connectivity index (χ3n) is 3.10. The first kappa shape index (κ1) is 12.9. The maximum Gasteiger partial charge on any atom is 0.323 e. The third kappa shape index (κ3) is 3.21. The molecule has 0 spiro atoms. The van der Waals surface area contributed by atoms with Crippen molar-refractivity contribution in [1.29, 1.82) is 0 Å². The Morgan fingerprint density at radius 2 is 2.06 bits per heavy atom. The van der Waals surface area contributed by atoms with E-state index >= 15 is 0 Å². The molecule has 1 aromatic rings. The van der Waals surface area contributed by atoms with Crippen molar-refractivity contribution in [2.45, 2.75) is 45.6 Å². The van der Waals surface area contributed by atoms with Crippen molar-refractivity contribution in [3.63, 3.8) is 0 Å². The van der Waals surface area contributed by atoms with Gasteiger partial charge in [-0.25, -0.2) is 0 Å². The Morgan fingerprint density at radius 1 is 1.33 bits per heavy atom. The van der Waals surface area contributed by atoms with Crippen LogP contribution in [0, 0.1) is 5.92 Å². The first-order valence-electron chi connectivity index (χ1n) is 6.44. The molecule has 6 nitrogen and oxygen atoms in total. The summed E-state index contributed by atoms with van der Waals surface area (Å²) in [5, 5.41) is 3.32. The van der Waals surface area contributed by atoms with Gasteiger partial charge in [-0.15, -0.1) is 0 Å². The van der Waals surface area contributed by atoms with Crippen LogP contribution in [0.2, 0.25) is 0 Å². The Kier molecular flexibility index (Phi) is 3.54. The van der Waals surface area contributed by atoms with Gasteiger partial charge in [0.2, 0.25) is 11.9 Å². The number of hydrogen-bond acceptors (Lipinski definition) is 6. The topological polar surface area (TPSA) is 86.0 Å². The molecule has 2 rings (SSSR count). The van der Waals surface area contributed by atoms with Gasteiger partial charge in [0.05, 0.1) is 6.61 Å². The molecule has 0 unspecified atom stereocenters. The Hall–Kier alpha value is -1.59. The van der Waals surface area contributed by atoms with Crippen LogP contribution in [0.15, 0.2) is 0 Å². The van der Waals surface area contributed by atoms with Gasteiger partial charge in [-0.2, -0.15) is 15.0 Å².